The SMILES string of the molecule is CCC(N)c1ncccc1C. The van der Waals surface area contributed by atoms with Gasteiger partial charge in [-0.3, -0.25) is 4.98 Å². The summed E-state index contributed by atoms with van der Waals surface area (Å²) in [4.78, 5) is 4.22. The number of hydrogen-bond acceptors (Lipinski definition) is 2. The van der Waals surface area contributed by atoms with Gasteiger partial charge >= 0.3 is 0 Å². The minimum atomic E-state index is 0.0937. The second kappa shape index (κ2) is 3.49. The van der Waals surface area contributed by atoms with Crippen LogP contribution in [0.25, 0.3) is 0 Å². The Bertz CT molecular complexity index is 233. The van der Waals surface area contributed by atoms with Gasteiger partial charge in [0, 0.05) is 12.2 Å². The molecule has 2 nitrogen and oxygen atoms in total. The first-order valence-electron chi connectivity index (χ1n) is 3.92. The predicted molar refractivity (Wildman–Crippen MR) is 46.2 cm³/mol. The number of aromatic nitrogens is 1. The zero-order valence-electron chi connectivity index (χ0n) is 7.04. The van der Waals surface area contributed by atoms with E-state index in [1.165, 1.54) is 5.56 Å². The highest BCUT2D eigenvalue weighted by Gasteiger charge is 2.05. The first kappa shape index (κ1) is 8.21. The molecule has 11 heavy (non-hydrogen) atoms. The summed E-state index contributed by atoms with van der Waals surface area (Å²) in [6.07, 6.45) is 2.73. The average molecular weight is 150 g/mol. The van der Waals surface area contributed by atoms with Gasteiger partial charge in [-0.2, -0.15) is 0 Å². The van der Waals surface area contributed by atoms with Crippen molar-refractivity contribution >= 4 is 0 Å². The van der Waals surface area contributed by atoms with Crippen LogP contribution in [0.1, 0.15) is 30.6 Å². The van der Waals surface area contributed by atoms with E-state index < -0.39 is 0 Å². The van der Waals surface area contributed by atoms with E-state index in [2.05, 4.69) is 11.9 Å². The molecule has 0 radical (unpaired) electrons. The van der Waals surface area contributed by atoms with Gasteiger partial charge in [-0.1, -0.05) is 13.0 Å². The summed E-state index contributed by atoms with van der Waals surface area (Å²) in [5.74, 6) is 0. The summed E-state index contributed by atoms with van der Waals surface area (Å²) in [6.45, 7) is 4.11. The molecule has 2 N–H and O–H groups in total. The number of pyridine rings is 1. The summed E-state index contributed by atoms with van der Waals surface area (Å²) >= 11 is 0. The summed E-state index contributed by atoms with van der Waals surface area (Å²) in [7, 11) is 0. The molecule has 0 aliphatic rings. The van der Waals surface area contributed by atoms with Crippen LogP contribution in [-0.4, -0.2) is 4.98 Å². The highest BCUT2D eigenvalue weighted by Crippen LogP contribution is 2.13. The van der Waals surface area contributed by atoms with E-state index in [4.69, 9.17) is 5.73 Å². The van der Waals surface area contributed by atoms with Gasteiger partial charge in [0.05, 0.1) is 5.69 Å². The Balaban J connectivity index is 2.93. The predicted octanol–water partition coefficient (Wildman–Crippen LogP) is 1.80. The largest absolute Gasteiger partial charge is 0.323 e. The maximum absolute atomic E-state index is 5.83. The third-order valence-corrected chi connectivity index (χ3v) is 1.84. The molecule has 1 aromatic rings. The van der Waals surface area contributed by atoms with Crippen LogP contribution < -0.4 is 5.73 Å². The average Bonchev–Trinajstić information content (AvgIpc) is 2.04. The topological polar surface area (TPSA) is 38.9 Å². The smallest absolute Gasteiger partial charge is 0.0599 e. The van der Waals surface area contributed by atoms with Crippen molar-refractivity contribution in [1.82, 2.24) is 4.98 Å². The second-order valence-electron chi connectivity index (χ2n) is 2.72. The lowest BCUT2D eigenvalue weighted by Gasteiger charge is -2.09. The van der Waals surface area contributed by atoms with Crippen LogP contribution in [0.5, 0.6) is 0 Å². The van der Waals surface area contributed by atoms with Crippen LogP contribution in [0, 0.1) is 6.92 Å². The molecule has 0 amide bonds. The molecule has 0 bridgehead atoms. The van der Waals surface area contributed by atoms with Crippen molar-refractivity contribution in [2.75, 3.05) is 0 Å². The Morgan fingerprint density at radius 2 is 2.36 bits per heavy atom. The number of nitrogens with zero attached hydrogens (tertiary/aromatic N) is 1. The molecule has 0 saturated heterocycles. The molecule has 0 fully saturated rings. The second-order valence-corrected chi connectivity index (χ2v) is 2.72. The van der Waals surface area contributed by atoms with Gasteiger partial charge in [0.25, 0.3) is 0 Å². The molecule has 1 atom stereocenters. The van der Waals surface area contributed by atoms with E-state index in [0.29, 0.717) is 0 Å². The van der Waals surface area contributed by atoms with Gasteiger partial charge in [-0.25, -0.2) is 0 Å². The molecule has 0 spiro atoms. The molecule has 0 aromatic carbocycles. The van der Waals surface area contributed by atoms with E-state index >= 15 is 0 Å². The molecule has 60 valence electrons. The van der Waals surface area contributed by atoms with E-state index in [1.54, 1.807) is 6.20 Å². The number of aryl methyl sites for hydroxylation is 1. The highest BCUT2D eigenvalue weighted by atomic mass is 14.8. The summed E-state index contributed by atoms with van der Waals surface area (Å²) in [5, 5.41) is 0. The zero-order chi connectivity index (χ0) is 8.27. The van der Waals surface area contributed by atoms with E-state index in [0.717, 1.165) is 12.1 Å². The lowest BCUT2D eigenvalue weighted by molar-refractivity contribution is 0.670. The van der Waals surface area contributed by atoms with Gasteiger partial charge in [0.15, 0.2) is 0 Å². The lowest BCUT2D eigenvalue weighted by Crippen LogP contribution is -2.11. The molecule has 1 aromatic heterocycles. The quantitative estimate of drug-likeness (QED) is 0.698. The third-order valence-electron chi connectivity index (χ3n) is 1.84. The van der Waals surface area contributed by atoms with Crippen molar-refractivity contribution in [2.45, 2.75) is 26.3 Å². The zero-order valence-corrected chi connectivity index (χ0v) is 7.04. The molecule has 1 unspecified atom stereocenters. The highest BCUT2D eigenvalue weighted by molar-refractivity contribution is 5.20. The van der Waals surface area contributed by atoms with Crippen molar-refractivity contribution in [3.63, 3.8) is 0 Å². The Kier molecular flexibility index (Phi) is 2.60. The van der Waals surface area contributed by atoms with Crippen molar-refractivity contribution in [3.05, 3.63) is 29.6 Å². The first-order valence-corrected chi connectivity index (χ1v) is 3.92. The normalized spacial score (nSPS) is 13.0. The maximum Gasteiger partial charge on any atom is 0.0599 e. The van der Waals surface area contributed by atoms with Crippen LogP contribution in [0.15, 0.2) is 18.3 Å². The van der Waals surface area contributed by atoms with Gasteiger partial charge in [0.1, 0.15) is 0 Å². The molecule has 0 aliphatic carbocycles. The van der Waals surface area contributed by atoms with Crippen LogP contribution >= 0.6 is 0 Å². The molecule has 0 saturated carbocycles. The van der Waals surface area contributed by atoms with Crippen LogP contribution in [0.4, 0.5) is 0 Å². The Morgan fingerprint density at radius 3 is 2.91 bits per heavy atom. The standard InChI is InChI=1S/C9H14N2/c1-3-8(10)9-7(2)5-4-6-11-9/h4-6,8H,3,10H2,1-2H3. The molecule has 2 heteroatoms. The van der Waals surface area contributed by atoms with Crippen molar-refractivity contribution in [2.24, 2.45) is 5.73 Å². The van der Waals surface area contributed by atoms with Gasteiger partial charge in [0.2, 0.25) is 0 Å². The minimum absolute atomic E-state index is 0.0937. The Labute approximate surface area is 67.5 Å². The van der Waals surface area contributed by atoms with Crippen LogP contribution in [0.3, 0.4) is 0 Å². The van der Waals surface area contributed by atoms with Crippen molar-refractivity contribution < 1.29 is 0 Å². The van der Waals surface area contributed by atoms with Crippen molar-refractivity contribution in [3.8, 4) is 0 Å². The third kappa shape index (κ3) is 1.77. The van der Waals surface area contributed by atoms with Gasteiger partial charge < -0.3 is 5.73 Å². The number of rotatable bonds is 2. The Morgan fingerprint density at radius 1 is 1.64 bits per heavy atom. The maximum atomic E-state index is 5.83. The fraction of sp³-hybridized carbons (Fsp3) is 0.444. The van der Waals surface area contributed by atoms with E-state index in [-0.39, 0.29) is 6.04 Å². The lowest BCUT2D eigenvalue weighted by atomic mass is 10.1. The summed E-state index contributed by atoms with van der Waals surface area (Å²) in [6, 6.07) is 4.06. The molecular formula is C9H14N2. The van der Waals surface area contributed by atoms with Crippen molar-refractivity contribution in [1.29, 1.82) is 0 Å². The van der Waals surface area contributed by atoms with Crippen LogP contribution in [-0.2, 0) is 0 Å². The number of nitrogens with two attached hydrogens (primary N) is 1. The van der Waals surface area contributed by atoms with E-state index in [9.17, 15) is 0 Å². The Hall–Kier alpha value is -0.890. The fourth-order valence-electron chi connectivity index (χ4n) is 1.08. The van der Waals surface area contributed by atoms with Gasteiger partial charge in [-0.15, -0.1) is 0 Å². The first-order chi connectivity index (χ1) is 5.25. The molecule has 0 aliphatic heterocycles. The van der Waals surface area contributed by atoms with E-state index in [1.807, 2.05) is 19.1 Å². The minimum Gasteiger partial charge on any atom is -0.323 e. The van der Waals surface area contributed by atoms with Crippen LogP contribution in [0.2, 0.25) is 0 Å². The monoisotopic (exact) mass is 150 g/mol. The summed E-state index contributed by atoms with van der Waals surface area (Å²) in [5.41, 5.74) is 8.04. The fourth-order valence-corrected chi connectivity index (χ4v) is 1.08. The van der Waals surface area contributed by atoms with Gasteiger partial charge in [-0.05, 0) is 25.0 Å². The molecule has 1 heterocycles. The molecule has 1 rings (SSSR count). The number of hydrogen-bond donors (Lipinski definition) is 1. The summed E-state index contributed by atoms with van der Waals surface area (Å²) < 4.78 is 0. The molecular weight excluding hydrogens is 136 g/mol.